The van der Waals surface area contributed by atoms with E-state index in [2.05, 4.69) is 42.2 Å². The monoisotopic (exact) mass is 1060 g/mol. The predicted molar refractivity (Wildman–Crippen MR) is 278 cm³/mol. The second-order valence-corrected chi connectivity index (χ2v) is 21.5. The van der Waals surface area contributed by atoms with Crippen LogP contribution in [0.2, 0.25) is 0 Å². The Labute approximate surface area is 439 Å². The van der Waals surface area contributed by atoms with Crippen LogP contribution in [0, 0.1) is 23.2 Å². The first-order valence-corrected chi connectivity index (χ1v) is 25.9. The lowest BCUT2D eigenvalue weighted by Gasteiger charge is -2.39. The van der Waals surface area contributed by atoms with Crippen molar-refractivity contribution in [2.24, 2.45) is 23.2 Å². The van der Waals surface area contributed by atoms with E-state index in [1.807, 2.05) is 19.2 Å². The number of methoxy groups -OCH3 is 2. The van der Waals surface area contributed by atoms with Crippen LogP contribution in [-0.2, 0) is 65.7 Å². The van der Waals surface area contributed by atoms with Crippen LogP contribution < -0.4 is 37.2 Å². The summed E-state index contributed by atoms with van der Waals surface area (Å²) in [7, 11) is 4.63. The molecule has 1 fully saturated rings. The molecule has 74 heavy (non-hydrogen) atoms. The van der Waals surface area contributed by atoms with Crippen molar-refractivity contribution in [2.45, 2.75) is 144 Å². The number of nitrogens with zero attached hydrogens (tertiary/aromatic N) is 3. The number of likely N-dealkylation sites (N-methyl/N-ethyl adjacent to an activating group) is 1. The van der Waals surface area contributed by atoms with Crippen LogP contribution in [0.5, 0.6) is 0 Å². The number of ether oxygens (including phenoxy) is 3. The summed E-state index contributed by atoms with van der Waals surface area (Å²) in [6.45, 7) is 16.7. The SMILES string of the molecule is CC[C@H](C)[C@@H]([C@@H](CC(=O)N1CCC[C@H]1[C@H](OC)[C@@H](C)C(=O)NCc1nccs1)OC)N(C)C(=O)CNC(=O)C(C)(C)NC(=O)OCc1ccc(NC(=O)CNC(=O)C(NC(=O)CNC(=O)C(C)(C)C)C(C)C)cc1. The molecule has 1 saturated heterocycles. The number of thiazole rings is 1. The molecule has 0 aliphatic carbocycles. The summed E-state index contributed by atoms with van der Waals surface area (Å²) in [4.78, 5) is 125. The lowest BCUT2D eigenvalue weighted by atomic mass is 9.90. The third-order valence-corrected chi connectivity index (χ3v) is 13.8. The number of likely N-dealkylation sites (tertiary alicyclic amines) is 1. The minimum Gasteiger partial charge on any atom is -0.445 e. The van der Waals surface area contributed by atoms with Gasteiger partial charge in [0.1, 0.15) is 23.2 Å². The molecule has 1 aliphatic rings. The first-order chi connectivity index (χ1) is 34.7. The zero-order valence-electron chi connectivity index (χ0n) is 45.3. The summed E-state index contributed by atoms with van der Waals surface area (Å²) in [6, 6.07) is 4.50. The zero-order valence-corrected chi connectivity index (χ0v) is 46.1. The minimum atomic E-state index is -1.51. The van der Waals surface area contributed by atoms with Gasteiger partial charge in [0.15, 0.2) is 0 Å². The molecule has 1 aromatic heterocycles. The lowest BCUT2D eigenvalue weighted by molar-refractivity contribution is -0.145. The van der Waals surface area contributed by atoms with Gasteiger partial charge in [-0.1, -0.05) is 73.9 Å². The molecule has 22 nitrogen and oxygen atoms in total. The number of rotatable bonds is 27. The molecule has 0 spiro atoms. The fraction of sp³-hybridized carbons (Fsp3) is 0.647. The van der Waals surface area contributed by atoms with E-state index in [1.54, 1.807) is 84.0 Å². The highest BCUT2D eigenvalue weighted by Crippen LogP contribution is 2.29. The first kappa shape index (κ1) is 62.1. The first-order valence-electron chi connectivity index (χ1n) is 25.0. The van der Waals surface area contributed by atoms with Gasteiger partial charge in [-0.05, 0) is 56.2 Å². The second kappa shape index (κ2) is 29.0. The fourth-order valence-electron chi connectivity index (χ4n) is 8.34. The molecule has 7 atom stereocenters. The quantitative estimate of drug-likeness (QED) is 0.0679. The van der Waals surface area contributed by atoms with E-state index >= 15 is 0 Å². The molecule has 3 rings (SSSR count). The highest BCUT2D eigenvalue weighted by atomic mass is 32.1. The van der Waals surface area contributed by atoms with Gasteiger partial charge in [0.2, 0.25) is 47.3 Å². The Morgan fingerprint density at radius 2 is 1.49 bits per heavy atom. The molecule has 0 bridgehead atoms. The van der Waals surface area contributed by atoms with Crippen LogP contribution >= 0.6 is 11.3 Å². The minimum absolute atomic E-state index is 0.0408. The average molecular weight is 1060 g/mol. The van der Waals surface area contributed by atoms with Crippen LogP contribution in [0.15, 0.2) is 35.8 Å². The maximum atomic E-state index is 14.1. The third kappa shape index (κ3) is 18.9. The molecule has 1 aromatic carbocycles. The number of aromatic nitrogens is 1. The normalized spacial score (nSPS) is 16.1. The highest BCUT2D eigenvalue weighted by Gasteiger charge is 2.42. The number of nitrogens with one attached hydrogen (secondary N) is 7. The average Bonchev–Trinajstić information content (AvgIpc) is 4.07. The van der Waals surface area contributed by atoms with Gasteiger partial charge in [0, 0.05) is 50.5 Å². The lowest BCUT2D eigenvalue weighted by Crippen LogP contribution is -2.57. The van der Waals surface area contributed by atoms with Gasteiger partial charge in [-0.2, -0.15) is 0 Å². The van der Waals surface area contributed by atoms with Gasteiger partial charge in [0.25, 0.3) is 0 Å². The van der Waals surface area contributed by atoms with Crippen LogP contribution in [-0.4, -0.2) is 151 Å². The number of alkyl carbamates (subject to hydrolysis) is 1. The molecule has 2 heterocycles. The summed E-state index contributed by atoms with van der Waals surface area (Å²) < 4.78 is 17.2. The fourth-order valence-corrected chi connectivity index (χ4v) is 8.90. The van der Waals surface area contributed by atoms with Crippen LogP contribution in [0.4, 0.5) is 10.5 Å². The van der Waals surface area contributed by atoms with E-state index < -0.39 is 83.3 Å². The number of hydrogen-bond donors (Lipinski definition) is 7. The number of hydrogen-bond acceptors (Lipinski definition) is 14. The molecule has 2 aromatic rings. The van der Waals surface area contributed by atoms with Crippen molar-refractivity contribution in [3.63, 3.8) is 0 Å². The Balaban J connectivity index is 1.49. The van der Waals surface area contributed by atoms with Gasteiger partial charge in [-0.25, -0.2) is 9.78 Å². The van der Waals surface area contributed by atoms with Crippen molar-refractivity contribution in [2.75, 3.05) is 52.8 Å². The van der Waals surface area contributed by atoms with Crippen LogP contribution in [0.25, 0.3) is 0 Å². The molecular formula is C51H80N10O12S. The molecule has 9 amide bonds. The second-order valence-electron chi connectivity index (χ2n) is 20.5. The van der Waals surface area contributed by atoms with E-state index in [4.69, 9.17) is 14.2 Å². The van der Waals surface area contributed by atoms with Gasteiger partial charge in [-0.15, -0.1) is 11.3 Å². The smallest absolute Gasteiger partial charge is 0.408 e. The number of amides is 9. The summed E-state index contributed by atoms with van der Waals surface area (Å²) >= 11 is 1.44. The molecule has 0 radical (unpaired) electrons. The number of carbonyl (C=O) groups is 9. The van der Waals surface area contributed by atoms with E-state index in [9.17, 15) is 43.2 Å². The molecular weight excluding hydrogens is 977 g/mol. The van der Waals surface area contributed by atoms with Crippen molar-refractivity contribution in [1.82, 2.24) is 46.7 Å². The standard InChI is InChI=1S/C51H80N10O12S/c1-14-31(4)43(36(71-12)24-40(64)61-22-15-16-35(61)44(72-13)32(5)45(66)54-27-39-52-21-23-74-39)60(11)41(65)28-56-48(69)51(9,10)59-49(70)73-29-33-17-19-34(20-18-33)57-37(62)25-53-46(67)42(30(2)3)58-38(63)26-55-47(68)50(6,7)8/h17-21,23,30-32,35-36,42-44H,14-16,22,24-29H2,1-13H3,(H,53,67)(H,54,66)(H,55,68)(H,56,69)(H,57,62)(H,58,63)(H,59,70)/t31-,32+,35-,36+,42?,43-,44+/m0/s1. The van der Waals surface area contributed by atoms with Crippen LogP contribution in [0.1, 0.15) is 105 Å². The van der Waals surface area contributed by atoms with E-state index in [0.29, 0.717) is 37.2 Å². The molecule has 1 unspecified atom stereocenters. The maximum absolute atomic E-state index is 14.1. The van der Waals surface area contributed by atoms with Crippen molar-refractivity contribution >= 4 is 70.4 Å². The van der Waals surface area contributed by atoms with E-state index in [0.717, 1.165) is 11.4 Å². The number of carbonyl (C=O) groups excluding carboxylic acids is 9. The van der Waals surface area contributed by atoms with Gasteiger partial charge in [-0.3, -0.25) is 38.4 Å². The van der Waals surface area contributed by atoms with Gasteiger partial charge in [0.05, 0.1) is 62.8 Å². The maximum Gasteiger partial charge on any atom is 0.408 e. The molecule has 0 saturated carbocycles. The molecule has 1 aliphatic heterocycles. The summed E-state index contributed by atoms with van der Waals surface area (Å²) in [5.41, 5.74) is -1.25. The predicted octanol–water partition coefficient (Wildman–Crippen LogP) is 2.86. The summed E-state index contributed by atoms with van der Waals surface area (Å²) in [5, 5.41) is 21.0. The summed E-state index contributed by atoms with van der Waals surface area (Å²) in [6.07, 6.45) is 1.50. The van der Waals surface area contributed by atoms with E-state index in [1.165, 1.54) is 44.3 Å². The topological polar surface area (TPSA) is 285 Å². The number of benzene rings is 1. The Morgan fingerprint density at radius 3 is 2.07 bits per heavy atom. The Morgan fingerprint density at radius 1 is 0.838 bits per heavy atom. The van der Waals surface area contributed by atoms with Gasteiger partial charge >= 0.3 is 6.09 Å². The van der Waals surface area contributed by atoms with Crippen LogP contribution in [0.3, 0.4) is 0 Å². The van der Waals surface area contributed by atoms with Gasteiger partial charge < -0.3 is 61.2 Å². The summed E-state index contributed by atoms with van der Waals surface area (Å²) in [5.74, 6) is -4.47. The largest absolute Gasteiger partial charge is 0.445 e. The Kier molecular flexibility index (Phi) is 24.4. The molecule has 7 N–H and O–H groups in total. The van der Waals surface area contributed by atoms with Crippen molar-refractivity contribution < 1.29 is 57.4 Å². The number of anilines is 1. The molecule has 23 heteroatoms. The zero-order chi connectivity index (χ0) is 55.5. The highest BCUT2D eigenvalue weighted by molar-refractivity contribution is 7.09. The van der Waals surface area contributed by atoms with E-state index in [-0.39, 0.29) is 61.7 Å². The van der Waals surface area contributed by atoms with Crippen molar-refractivity contribution in [3.8, 4) is 0 Å². The van der Waals surface area contributed by atoms with Crippen molar-refractivity contribution in [1.29, 1.82) is 0 Å². The molecule has 412 valence electrons. The Hall–Kier alpha value is -6.20. The Bertz CT molecular complexity index is 2220. The van der Waals surface area contributed by atoms with Crippen molar-refractivity contribution in [3.05, 3.63) is 46.4 Å². The third-order valence-electron chi connectivity index (χ3n) is 13.0.